The lowest BCUT2D eigenvalue weighted by Crippen LogP contribution is -2.59. The Morgan fingerprint density at radius 3 is 2.82 bits per heavy atom. The highest BCUT2D eigenvalue weighted by Gasteiger charge is 2.42. The van der Waals surface area contributed by atoms with Gasteiger partial charge >= 0.3 is 6.03 Å². The summed E-state index contributed by atoms with van der Waals surface area (Å²) in [7, 11) is 0. The number of rotatable bonds is 3. The van der Waals surface area contributed by atoms with Gasteiger partial charge in [-0.1, -0.05) is 12.1 Å². The zero-order chi connectivity index (χ0) is 22.8. The Kier molecular flexibility index (Phi) is 6.24. The Morgan fingerprint density at radius 2 is 1.97 bits per heavy atom. The van der Waals surface area contributed by atoms with Crippen LogP contribution in [0.25, 0.3) is 10.2 Å². The summed E-state index contributed by atoms with van der Waals surface area (Å²) >= 11 is 1.67. The largest absolute Gasteiger partial charge is 0.347 e. The summed E-state index contributed by atoms with van der Waals surface area (Å²) in [6.07, 6.45) is 0.836. The maximum atomic E-state index is 14.0. The molecule has 3 aromatic rings. The van der Waals surface area contributed by atoms with E-state index in [1.54, 1.807) is 16.2 Å². The number of carbonyl (C=O) groups is 1. The molecule has 2 amide bonds. The van der Waals surface area contributed by atoms with Crippen molar-refractivity contribution in [2.45, 2.75) is 18.8 Å². The van der Waals surface area contributed by atoms with Gasteiger partial charge in [0.15, 0.2) is 5.79 Å². The molecule has 10 heteroatoms. The minimum atomic E-state index is -0.968. The first-order chi connectivity index (χ1) is 16.0. The van der Waals surface area contributed by atoms with Gasteiger partial charge in [-0.3, -0.25) is 4.90 Å². The van der Waals surface area contributed by atoms with E-state index in [0.717, 1.165) is 40.3 Å². The van der Waals surface area contributed by atoms with Gasteiger partial charge < -0.3 is 19.7 Å². The molecule has 2 aliphatic rings. The van der Waals surface area contributed by atoms with E-state index in [0.29, 0.717) is 32.8 Å². The molecule has 2 fully saturated rings. The van der Waals surface area contributed by atoms with Crippen molar-refractivity contribution in [2.75, 3.05) is 44.7 Å². The molecule has 2 aromatic carbocycles. The van der Waals surface area contributed by atoms with Crippen LogP contribution in [0.15, 0.2) is 42.5 Å². The number of nitrogens with one attached hydrogen (secondary N) is 1. The van der Waals surface area contributed by atoms with Gasteiger partial charge in [0.2, 0.25) is 0 Å². The van der Waals surface area contributed by atoms with Gasteiger partial charge in [-0.25, -0.2) is 18.6 Å². The van der Waals surface area contributed by atoms with Crippen molar-refractivity contribution in [2.24, 2.45) is 0 Å². The number of aromatic nitrogens is 1. The predicted octanol–water partition coefficient (Wildman–Crippen LogP) is 4.06. The Morgan fingerprint density at radius 1 is 1.12 bits per heavy atom. The van der Waals surface area contributed by atoms with Crippen molar-refractivity contribution in [3.63, 3.8) is 0 Å². The molecule has 1 N–H and O–H groups in total. The summed E-state index contributed by atoms with van der Waals surface area (Å²) in [4.78, 5) is 21.3. The predicted molar refractivity (Wildman–Crippen MR) is 121 cm³/mol. The molecule has 1 unspecified atom stereocenters. The molecule has 7 nitrogen and oxygen atoms in total. The summed E-state index contributed by atoms with van der Waals surface area (Å²) in [6, 6.07) is 10.6. The number of nitrogens with zero attached hydrogens (tertiary/aromatic N) is 3. The summed E-state index contributed by atoms with van der Waals surface area (Å²) in [5.41, 5.74) is 0.921. The van der Waals surface area contributed by atoms with Crippen LogP contribution in [0.1, 0.15) is 11.4 Å². The molecule has 2 aliphatic heterocycles. The maximum absolute atomic E-state index is 14.0. The Balaban J connectivity index is 1.27. The number of morpholine rings is 1. The van der Waals surface area contributed by atoms with E-state index >= 15 is 0 Å². The number of thiazole rings is 1. The van der Waals surface area contributed by atoms with E-state index in [9.17, 15) is 13.6 Å². The van der Waals surface area contributed by atoms with Gasteiger partial charge in [0.1, 0.15) is 16.6 Å². The zero-order valence-electron chi connectivity index (χ0n) is 17.9. The van der Waals surface area contributed by atoms with Gasteiger partial charge in [-0.2, -0.15) is 0 Å². The monoisotopic (exact) mass is 474 g/mol. The van der Waals surface area contributed by atoms with Crippen LogP contribution in [0, 0.1) is 11.6 Å². The first kappa shape index (κ1) is 22.1. The lowest BCUT2D eigenvalue weighted by molar-refractivity contribution is -0.260. The number of anilines is 1. The molecule has 2 saturated heterocycles. The van der Waals surface area contributed by atoms with E-state index in [1.165, 1.54) is 6.07 Å². The highest BCUT2D eigenvalue weighted by atomic mass is 32.1. The highest BCUT2D eigenvalue weighted by molar-refractivity contribution is 7.18. The molecule has 0 bridgehead atoms. The molecule has 1 spiro atoms. The number of para-hydroxylation sites is 1. The lowest BCUT2D eigenvalue weighted by atomic mass is 10.2. The molecule has 0 aliphatic carbocycles. The van der Waals surface area contributed by atoms with E-state index in [4.69, 9.17) is 14.5 Å². The van der Waals surface area contributed by atoms with Crippen LogP contribution in [-0.2, 0) is 16.0 Å². The fraction of sp³-hybridized carbons (Fsp3) is 0.391. The molecule has 1 atom stereocenters. The third-order valence-electron chi connectivity index (χ3n) is 5.76. The normalized spacial score (nSPS) is 21.9. The quantitative estimate of drug-likeness (QED) is 0.620. The molecule has 1 aromatic heterocycles. The average molecular weight is 475 g/mol. The Hall–Kier alpha value is -2.66. The third-order valence-corrected chi connectivity index (χ3v) is 6.78. The van der Waals surface area contributed by atoms with Gasteiger partial charge in [0, 0.05) is 19.2 Å². The van der Waals surface area contributed by atoms with Crippen LogP contribution < -0.4 is 5.32 Å². The summed E-state index contributed by atoms with van der Waals surface area (Å²) in [5, 5.41) is 3.54. The first-order valence-corrected chi connectivity index (χ1v) is 11.7. The fourth-order valence-electron chi connectivity index (χ4n) is 4.22. The fourth-order valence-corrected chi connectivity index (χ4v) is 5.23. The van der Waals surface area contributed by atoms with Crippen molar-refractivity contribution >= 4 is 33.3 Å². The molecule has 3 heterocycles. The van der Waals surface area contributed by atoms with Crippen molar-refractivity contribution in [3.05, 3.63) is 59.1 Å². The minimum Gasteiger partial charge on any atom is -0.347 e. The van der Waals surface area contributed by atoms with Crippen molar-refractivity contribution in [1.82, 2.24) is 14.8 Å². The lowest BCUT2D eigenvalue weighted by Gasteiger charge is -2.43. The van der Waals surface area contributed by atoms with Crippen molar-refractivity contribution in [3.8, 4) is 0 Å². The van der Waals surface area contributed by atoms with Crippen LogP contribution in [0.2, 0.25) is 0 Å². The summed E-state index contributed by atoms with van der Waals surface area (Å²) in [5.74, 6) is -2.49. The van der Waals surface area contributed by atoms with E-state index in [-0.39, 0.29) is 12.2 Å². The number of hydrogen-bond acceptors (Lipinski definition) is 6. The summed E-state index contributed by atoms with van der Waals surface area (Å²) in [6.45, 7) is 3.34. The van der Waals surface area contributed by atoms with Crippen LogP contribution in [0.4, 0.5) is 19.3 Å². The van der Waals surface area contributed by atoms with Crippen LogP contribution in [-0.4, -0.2) is 66.0 Å². The second kappa shape index (κ2) is 9.30. The van der Waals surface area contributed by atoms with Crippen molar-refractivity contribution in [1.29, 1.82) is 0 Å². The standard InChI is InChI=1S/C23H24F2N4O3S/c24-16-6-7-18(17(25)12-16)27-22(30)29-9-11-32-23(15-29)14-28(8-3-10-31-23)13-21-26-19-4-1-2-5-20(19)33-21/h1-2,4-7,12H,3,8-11,13-15H2,(H,27,30). The number of halogens is 2. The molecule has 5 rings (SSSR count). The summed E-state index contributed by atoms with van der Waals surface area (Å²) < 4.78 is 40.5. The van der Waals surface area contributed by atoms with Gasteiger partial charge in [0.05, 0.1) is 48.8 Å². The maximum Gasteiger partial charge on any atom is 0.322 e. The molecule has 174 valence electrons. The molecule has 33 heavy (non-hydrogen) atoms. The smallest absolute Gasteiger partial charge is 0.322 e. The second-order valence-electron chi connectivity index (χ2n) is 8.22. The number of hydrogen-bond donors (Lipinski definition) is 1. The van der Waals surface area contributed by atoms with Gasteiger partial charge in [-0.05, 0) is 30.7 Å². The van der Waals surface area contributed by atoms with Crippen molar-refractivity contribution < 1.29 is 23.0 Å². The number of urea groups is 1. The highest BCUT2D eigenvalue weighted by Crippen LogP contribution is 2.28. The molecule has 0 saturated carbocycles. The molecular formula is C23H24F2N4O3S. The molecule has 0 radical (unpaired) electrons. The number of benzene rings is 2. The Labute approximate surface area is 193 Å². The number of amides is 2. The third kappa shape index (κ3) is 4.98. The van der Waals surface area contributed by atoms with E-state index in [2.05, 4.69) is 16.3 Å². The average Bonchev–Trinajstić information content (AvgIpc) is 3.11. The van der Waals surface area contributed by atoms with Gasteiger partial charge in [-0.15, -0.1) is 11.3 Å². The van der Waals surface area contributed by atoms with Crippen LogP contribution in [0.5, 0.6) is 0 Å². The first-order valence-electron chi connectivity index (χ1n) is 10.9. The number of carbonyl (C=O) groups excluding carboxylic acids is 1. The van der Waals surface area contributed by atoms with Crippen LogP contribution >= 0.6 is 11.3 Å². The number of ether oxygens (including phenoxy) is 2. The molecular weight excluding hydrogens is 450 g/mol. The number of fused-ring (bicyclic) bond motifs is 1. The SMILES string of the molecule is O=C(Nc1ccc(F)cc1F)N1CCOC2(CN(Cc3nc4ccccc4s3)CCCO2)C1. The Bertz CT molecular complexity index is 1130. The second-order valence-corrected chi connectivity index (χ2v) is 9.34. The van der Waals surface area contributed by atoms with E-state index in [1.807, 2.05) is 18.2 Å². The minimum absolute atomic E-state index is 0.0683. The van der Waals surface area contributed by atoms with E-state index < -0.39 is 23.5 Å². The zero-order valence-corrected chi connectivity index (χ0v) is 18.7. The topological polar surface area (TPSA) is 66.9 Å². The van der Waals surface area contributed by atoms with Gasteiger partial charge in [0.25, 0.3) is 0 Å². The van der Waals surface area contributed by atoms with Crippen LogP contribution in [0.3, 0.4) is 0 Å².